The van der Waals surface area contributed by atoms with Crippen LogP contribution in [0.3, 0.4) is 0 Å². The Labute approximate surface area is 189 Å². The van der Waals surface area contributed by atoms with Crippen LogP contribution in [0.15, 0.2) is 48.5 Å². The van der Waals surface area contributed by atoms with Crippen molar-refractivity contribution >= 4 is 12.1 Å². The molecule has 2 aromatic rings. The van der Waals surface area contributed by atoms with E-state index in [4.69, 9.17) is 9.84 Å². The van der Waals surface area contributed by atoms with Crippen LogP contribution in [0, 0.1) is 0 Å². The molecule has 0 saturated carbocycles. The third kappa shape index (κ3) is 4.83. The maximum Gasteiger partial charge on any atom is 0.416 e. The SMILES string of the molecule is CC1N(Cc2ccc(C(=O)O)cc2)C(=O)OC12CCN(Cc1ccc(C(F)(F)F)cc1)CC2. The molecule has 0 aromatic heterocycles. The van der Waals surface area contributed by atoms with E-state index in [-0.39, 0.29) is 17.7 Å². The zero-order chi connectivity index (χ0) is 23.8. The molecule has 1 atom stereocenters. The zero-order valence-electron chi connectivity index (χ0n) is 18.1. The van der Waals surface area contributed by atoms with Crippen molar-refractivity contribution in [3.8, 4) is 0 Å². The quantitative estimate of drug-likeness (QED) is 0.693. The number of carbonyl (C=O) groups excluding carboxylic acids is 1. The van der Waals surface area contributed by atoms with E-state index < -0.39 is 23.3 Å². The van der Waals surface area contributed by atoms with Gasteiger partial charge in [-0.3, -0.25) is 9.80 Å². The van der Waals surface area contributed by atoms with Gasteiger partial charge in [0.2, 0.25) is 0 Å². The van der Waals surface area contributed by atoms with Gasteiger partial charge in [-0.25, -0.2) is 9.59 Å². The fraction of sp³-hybridized carbons (Fsp3) is 0.417. The molecule has 176 valence electrons. The Hall–Kier alpha value is -3.07. The lowest BCUT2D eigenvalue weighted by atomic mass is 9.84. The van der Waals surface area contributed by atoms with Gasteiger partial charge >= 0.3 is 18.2 Å². The third-order valence-electron chi connectivity index (χ3n) is 6.70. The number of carbonyl (C=O) groups is 2. The predicted octanol–water partition coefficient (Wildman–Crippen LogP) is 4.78. The van der Waals surface area contributed by atoms with Crippen molar-refractivity contribution in [1.82, 2.24) is 9.80 Å². The van der Waals surface area contributed by atoms with Gasteiger partial charge in [-0.2, -0.15) is 13.2 Å². The van der Waals surface area contributed by atoms with Crippen LogP contribution in [-0.4, -0.2) is 51.7 Å². The van der Waals surface area contributed by atoms with Gasteiger partial charge in [0.05, 0.1) is 17.2 Å². The van der Waals surface area contributed by atoms with Crippen LogP contribution in [0.1, 0.15) is 46.8 Å². The Balaban J connectivity index is 1.35. The van der Waals surface area contributed by atoms with Gasteiger partial charge < -0.3 is 9.84 Å². The summed E-state index contributed by atoms with van der Waals surface area (Å²) in [6, 6.07) is 11.5. The number of ether oxygens (including phenoxy) is 1. The molecule has 2 heterocycles. The number of halogens is 3. The Kier molecular flexibility index (Phi) is 6.09. The van der Waals surface area contributed by atoms with Crippen molar-refractivity contribution in [3.63, 3.8) is 0 Å². The van der Waals surface area contributed by atoms with E-state index in [2.05, 4.69) is 4.90 Å². The number of nitrogens with zero attached hydrogens (tertiary/aromatic N) is 2. The summed E-state index contributed by atoms with van der Waals surface area (Å²) in [5, 5.41) is 9.04. The topological polar surface area (TPSA) is 70.1 Å². The minimum Gasteiger partial charge on any atom is -0.478 e. The molecule has 1 amide bonds. The van der Waals surface area contributed by atoms with Gasteiger partial charge in [-0.05, 0) is 42.3 Å². The standard InChI is InChI=1S/C24H25F3N2O4/c1-16-23(33-22(32)29(16)15-18-2-6-19(7-3-18)21(30)31)10-12-28(13-11-23)14-17-4-8-20(9-5-17)24(25,26)27/h2-9,16H,10-15H2,1H3,(H,30,31). The molecule has 2 aliphatic rings. The molecule has 33 heavy (non-hydrogen) atoms. The second-order valence-electron chi connectivity index (χ2n) is 8.71. The first kappa shape index (κ1) is 23.1. The summed E-state index contributed by atoms with van der Waals surface area (Å²) in [5.74, 6) is -1.00. The normalized spacial score (nSPS) is 20.8. The van der Waals surface area contributed by atoms with E-state index in [1.54, 1.807) is 17.0 Å². The highest BCUT2D eigenvalue weighted by Gasteiger charge is 2.52. The fourth-order valence-corrected chi connectivity index (χ4v) is 4.58. The number of aromatic carboxylic acids is 1. The number of piperidine rings is 1. The van der Waals surface area contributed by atoms with E-state index in [0.29, 0.717) is 39.0 Å². The van der Waals surface area contributed by atoms with Crippen LogP contribution in [0.2, 0.25) is 0 Å². The summed E-state index contributed by atoms with van der Waals surface area (Å²) in [5.41, 5.74) is 0.553. The third-order valence-corrected chi connectivity index (χ3v) is 6.70. The van der Waals surface area contributed by atoms with Crippen LogP contribution in [0.5, 0.6) is 0 Å². The lowest BCUT2D eigenvalue weighted by Gasteiger charge is -2.40. The molecule has 4 rings (SSSR count). The number of amides is 1. The molecule has 2 saturated heterocycles. The number of hydrogen-bond acceptors (Lipinski definition) is 4. The molecule has 2 aromatic carbocycles. The first-order chi connectivity index (χ1) is 15.6. The van der Waals surface area contributed by atoms with Gasteiger partial charge in [0.1, 0.15) is 5.60 Å². The van der Waals surface area contributed by atoms with Crippen LogP contribution >= 0.6 is 0 Å². The van der Waals surface area contributed by atoms with Gasteiger partial charge in [-0.15, -0.1) is 0 Å². The highest BCUT2D eigenvalue weighted by Crippen LogP contribution is 2.39. The van der Waals surface area contributed by atoms with Gasteiger partial charge in [0, 0.05) is 39.0 Å². The smallest absolute Gasteiger partial charge is 0.416 e. The molecule has 2 aliphatic heterocycles. The second kappa shape index (κ2) is 8.70. The van der Waals surface area contributed by atoms with Crippen LogP contribution in [-0.2, 0) is 24.0 Å². The molecular weight excluding hydrogens is 437 g/mol. The van der Waals surface area contributed by atoms with Gasteiger partial charge in [-0.1, -0.05) is 24.3 Å². The maximum atomic E-state index is 12.8. The molecule has 9 heteroatoms. The maximum absolute atomic E-state index is 12.8. The van der Waals surface area contributed by atoms with E-state index in [9.17, 15) is 22.8 Å². The highest BCUT2D eigenvalue weighted by atomic mass is 19.4. The summed E-state index contributed by atoms with van der Waals surface area (Å²) in [4.78, 5) is 27.5. The first-order valence-electron chi connectivity index (χ1n) is 10.8. The zero-order valence-corrected chi connectivity index (χ0v) is 18.1. The van der Waals surface area contributed by atoms with Crippen molar-refractivity contribution < 1.29 is 32.6 Å². The van der Waals surface area contributed by atoms with E-state index in [0.717, 1.165) is 23.3 Å². The number of carboxylic acids is 1. The molecule has 6 nitrogen and oxygen atoms in total. The molecule has 1 unspecified atom stereocenters. The van der Waals surface area contributed by atoms with E-state index >= 15 is 0 Å². The Morgan fingerprint density at radius 2 is 1.58 bits per heavy atom. The average molecular weight is 462 g/mol. The van der Waals surface area contributed by atoms with Crippen LogP contribution < -0.4 is 0 Å². The van der Waals surface area contributed by atoms with Crippen molar-refractivity contribution in [2.45, 2.75) is 50.7 Å². The molecule has 0 radical (unpaired) electrons. The predicted molar refractivity (Wildman–Crippen MR) is 114 cm³/mol. The number of alkyl halides is 3. The van der Waals surface area contributed by atoms with Crippen molar-refractivity contribution in [1.29, 1.82) is 0 Å². The summed E-state index contributed by atoms with van der Waals surface area (Å²) >= 11 is 0. The molecule has 1 N–H and O–H groups in total. The summed E-state index contributed by atoms with van der Waals surface area (Å²) in [7, 11) is 0. The molecule has 1 spiro atoms. The van der Waals surface area contributed by atoms with Crippen LogP contribution in [0.25, 0.3) is 0 Å². The minimum atomic E-state index is -4.34. The summed E-state index contributed by atoms with van der Waals surface area (Å²) in [6.45, 7) is 4.16. The molecule has 0 aliphatic carbocycles. The van der Waals surface area contributed by atoms with Crippen molar-refractivity contribution in [2.75, 3.05) is 13.1 Å². The van der Waals surface area contributed by atoms with E-state index in [1.165, 1.54) is 24.3 Å². The molecule has 0 bridgehead atoms. The first-order valence-corrected chi connectivity index (χ1v) is 10.8. The minimum absolute atomic E-state index is 0.155. The molecule has 2 fully saturated rings. The fourth-order valence-electron chi connectivity index (χ4n) is 4.58. The highest BCUT2D eigenvalue weighted by molar-refractivity contribution is 5.87. The van der Waals surface area contributed by atoms with Gasteiger partial charge in [0.25, 0.3) is 0 Å². The Morgan fingerprint density at radius 3 is 2.12 bits per heavy atom. The van der Waals surface area contributed by atoms with Crippen molar-refractivity contribution in [3.05, 3.63) is 70.8 Å². The largest absolute Gasteiger partial charge is 0.478 e. The summed E-state index contributed by atoms with van der Waals surface area (Å²) < 4.78 is 44.1. The number of rotatable bonds is 5. The average Bonchev–Trinajstić information content (AvgIpc) is 2.99. The van der Waals surface area contributed by atoms with Crippen molar-refractivity contribution in [2.24, 2.45) is 0 Å². The summed E-state index contributed by atoms with van der Waals surface area (Å²) in [6.07, 6.45) is -3.46. The number of benzene rings is 2. The lowest BCUT2D eigenvalue weighted by Crippen LogP contribution is -2.51. The number of likely N-dealkylation sites (tertiary alicyclic amines) is 1. The lowest BCUT2D eigenvalue weighted by molar-refractivity contribution is -0.137. The Morgan fingerprint density at radius 1 is 1.03 bits per heavy atom. The van der Waals surface area contributed by atoms with E-state index in [1.807, 2.05) is 6.92 Å². The number of hydrogen-bond donors (Lipinski definition) is 1. The van der Waals surface area contributed by atoms with Crippen LogP contribution in [0.4, 0.5) is 18.0 Å². The number of carboxylic acid groups (broad SMARTS) is 1. The monoisotopic (exact) mass is 462 g/mol. The molecular formula is C24H25F3N2O4. The second-order valence-corrected chi connectivity index (χ2v) is 8.71. The van der Waals surface area contributed by atoms with Gasteiger partial charge in [0.15, 0.2) is 0 Å². The Bertz CT molecular complexity index is 1010.